The highest BCUT2D eigenvalue weighted by Gasteiger charge is 2.15. The third-order valence-corrected chi connectivity index (χ3v) is 3.56. The van der Waals surface area contributed by atoms with Crippen LogP contribution in [0.25, 0.3) is 5.69 Å². The lowest BCUT2D eigenvalue weighted by Gasteiger charge is -2.14. The molecule has 2 rings (SSSR count). The van der Waals surface area contributed by atoms with Gasteiger partial charge in [0.15, 0.2) is 5.69 Å². The van der Waals surface area contributed by atoms with Crippen molar-refractivity contribution in [2.45, 2.75) is 0 Å². The third kappa shape index (κ3) is 3.14. The Kier molecular flexibility index (Phi) is 4.68. The Labute approximate surface area is 122 Å². The average Bonchev–Trinajstić information content (AvgIpc) is 2.94. The molecule has 0 unspecified atom stereocenters. The van der Waals surface area contributed by atoms with Crippen molar-refractivity contribution in [3.8, 4) is 5.69 Å². The molecule has 2 N–H and O–H groups in total. The van der Waals surface area contributed by atoms with Crippen LogP contribution in [-0.2, 0) is 0 Å². The van der Waals surface area contributed by atoms with E-state index in [0.717, 1.165) is 11.4 Å². The van der Waals surface area contributed by atoms with E-state index in [1.54, 1.807) is 40.7 Å². The average molecular weight is 290 g/mol. The molecular weight excluding hydrogens is 272 g/mol. The zero-order valence-electron chi connectivity index (χ0n) is 11.6. The van der Waals surface area contributed by atoms with Gasteiger partial charge in [0.25, 0.3) is 5.91 Å². The van der Waals surface area contributed by atoms with Gasteiger partial charge in [0.05, 0.1) is 11.4 Å². The number of benzene rings is 1. The number of anilines is 1. The normalized spacial score (nSPS) is 10.5. The number of carbonyl (C=O) groups is 1. The molecular formula is C14H18N4OS. The Balaban J connectivity index is 2.17. The van der Waals surface area contributed by atoms with Crippen molar-refractivity contribution in [3.05, 3.63) is 42.2 Å². The highest BCUT2D eigenvalue weighted by Crippen LogP contribution is 2.16. The first-order valence-electron chi connectivity index (χ1n) is 6.28. The zero-order chi connectivity index (χ0) is 14.5. The number of hydrogen-bond acceptors (Lipinski definition) is 4. The number of nitrogens with zero attached hydrogens (tertiary/aromatic N) is 3. The van der Waals surface area contributed by atoms with Gasteiger partial charge >= 0.3 is 0 Å². The Morgan fingerprint density at radius 3 is 2.85 bits per heavy atom. The van der Waals surface area contributed by atoms with E-state index < -0.39 is 0 Å². The molecule has 0 saturated heterocycles. The van der Waals surface area contributed by atoms with Gasteiger partial charge in [-0.3, -0.25) is 4.79 Å². The van der Waals surface area contributed by atoms with E-state index >= 15 is 0 Å². The number of amides is 1. The second-order valence-electron chi connectivity index (χ2n) is 4.42. The Bertz CT molecular complexity index is 596. The summed E-state index contributed by atoms with van der Waals surface area (Å²) in [5, 5.41) is 4.31. The molecule has 1 aromatic carbocycles. The summed E-state index contributed by atoms with van der Waals surface area (Å²) in [6, 6.07) is 9.14. The van der Waals surface area contributed by atoms with Crippen molar-refractivity contribution in [2.75, 3.05) is 31.3 Å². The van der Waals surface area contributed by atoms with Crippen LogP contribution in [-0.4, -0.2) is 46.2 Å². The fraction of sp³-hybridized carbons (Fsp3) is 0.286. The van der Waals surface area contributed by atoms with Crippen LogP contribution in [0.4, 0.5) is 5.69 Å². The smallest absolute Gasteiger partial charge is 0.274 e. The molecule has 20 heavy (non-hydrogen) atoms. The molecule has 0 fully saturated rings. The maximum atomic E-state index is 12.2. The Hall–Kier alpha value is -1.95. The third-order valence-electron chi connectivity index (χ3n) is 2.97. The first-order valence-corrected chi connectivity index (χ1v) is 7.68. The molecule has 1 heterocycles. The van der Waals surface area contributed by atoms with Crippen molar-refractivity contribution in [2.24, 2.45) is 0 Å². The largest absolute Gasteiger partial charge is 0.397 e. The van der Waals surface area contributed by atoms with E-state index in [-0.39, 0.29) is 5.91 Å². The van der Waals surface area contributed by atoms with E-state index in [2.05, 4.69) is 5.10 Å². The molecule has 0 aliphatic heterocycles. The Morgan fingerprint density at radius 1 is 1.40 bits per heavy atom. The van der Waals surface area contributed by atoms with Crippen molar-refractivity contribution in [1.29, 1.82) is 0 Å². The molecule has 0 spiro atoms. The van der Waals surface area contributed by atoms with Crippen molar-refractivity contribution < 1.29 is 4.79 Å². The highest BCUT2D eigenvalue weighted by atomic mass is 32.2. The van der Waals surface area contributed by atoms with Gasteiger partial charge in [0.1, 0.15) is 0 Å². The summed E-state index contributed by atoms with van der Waals surface area (Å²) in [5.74, 6) is 0.835. The van der Waals surface area contributed by atoms with E-state index in [0.29, 0.717) is 17.9 Å². The minimum atomic E-state index is -0.0766. The lowest BCUT2D eigenvalue weighted by atomic mass is 10.3. The number of nitrogen functional groups attached to an aromatic ring is 1. The first kappa shape index (κ1) is 14.5. The van der Waals surface area contributed by atoms with Crippen molar-refractivity contribution in [3.63, 3.8) is 0 Å². The van der Waals surface area contributed by atoms with Crippen LogP contribution in [0, 0.1) is 0 Å². The molecule has 1 aromatic heterocycles. The van der Waals surface area contributed by atoms with Gasteiger partial charge in [-0.1, -0.05) is 12.1 Å². The van der Waals surface area contributed by atoms with Gasteiger partial charge in [-0.05, 0) is 24.5 Å². The second kappa shape index (κ2) is 6.47. The van der Waals surface area contributed by atoms with E-state index in [1.807, 2.05) is 30.5 Å². The molecule has 0 aliphatic carbocycles. The molecule has 0 aliphatic rings. The van der Waals surface area contributed by atoms with Crippen LogP contribution in [0.5, 0.6) is 0 Å². The van der Waals surface area contributed by atoms with Crippen LogP contribution in [0.2, 0.25) is 0 Å². The second-order valence-corrected chi connectivity index (χ2v) is 5.41. The SMILES string of the molecule is CSCCN(C)C(=O)c1ccn(-c2ccccc2N)n1. The lowest BCUT2D eigenvalue weighted by Crippen LogP contribution is -2.29. The summed E-state index contributed by atoms with van der Waals surface area (Å²) < 4.78 is 1.63. The maximum Gasteiger partial charge on any atom is 0.274 e. The van der Waals surface area contributed by atoms with Crippen LogP contribution < -0.4 is 5.73 Å². The van der Waals surface area contributed by atoms with Gasteiger partial charge < -0.3 is 10.6 Å². The van der Waals surface area contributed by atoms with Gasteiger partial charge in [-0.15, -0.1) is 0 Å². The first-order chi connectivity index (χ1) is 9.63. The number of para-hydroxylation sites is 2. The van der Waals surface area contributed by atoms with Crippen LogP contribution in [0.1, 0.15) is 10.5 Å². The summed E-state index contributed by atoms with van der Waals surface area (Å²) in [5.41, 5.74) is 7.74. The quantitative estimate of drug-likeness (QED) is 0.854. The van der Waals surface area contributed by atoms with Gasteiger partial charge in [0.2, 0.25) is 0 Å². The Morgan fingerprint density at radius 2 is 2.15 bits per heavy atom. The van der Waals surface area contributed by atoms with Crippen molar-refractivity contribution >= 4 is 23.4 Å². The number of carbonyl (C=O) groups excluding carboxylic acids is 1. The maximum absolute atomic E-state index is 12.2. The fourth-order valence-corrected chi connectivity index (χ4v) is 2.25. The molecule has 0 bridgehead atoms. The monoisotopic (exact) mass is 290 g/mol. The molecule has 0 radical (unpaired) electrons. The molecule has 106 valence electrons. The van der Waals surface area contributed by atoms with Crippen molar-refractivity contribution in [1.82, 2.24) is 14.7 Å². The van der Waals surface area contributed by atoms with Gasteiger partial charge in [-0.25, -0.2) is 4.68 Å². The minimum absolute atomic E-state index is 0.0766. The summed E-state index contributed by atoms with van der Waals surface area (Å²) in [6.07, 6.45) is 3.77. The topological polar surface area (TPSA) is 64.2 Å². The van der Waals surface area contributed by atoms with E-state index in [1.165, 1.54) is 0 Å². The number of thioether (sulfide) groups is 1. The van der Waals surface area contributed by atoms with E-state index in [4.69, 9.17) is 5.73 Å². The summed E-state index contributed by atoms with van der Waals surface area (Å²) in [4.78, 5) is 13.9. The summed E-state index contributed by atoms with van der Waals surface area (Å²) in [7, 11) is 1.79. The molecule has 1 amide bonds. The van der Waals surface area contributed by atoms with Gasteiger partial charge in [-0.2, -0.15) is 16.9 Å². The van der Waals surface area contributed by atoms with Crippen LogP contribution in [0.3, 0.4) is 0 Å². The molecule has 2 aromatic rings. The van der Waals surface area contributed by atoms with Crippen LogP contribution in [0.15, 0.2) is 36.5 Å². The number of rotatable bonds is 5. The predicted octanol–water partition coefficient (Wildman–Crippen LogP) is 1.89. The van der Waals surface area contributed by atoms with Gasteiger partial charge in [0, 0.05) is 25.5 Å². The summed E-state index contributed by atoms with van der Waals surface area (Å²) in [6.45, 7) is 0.709. The highest BCUT2D eigenvalue weighted by molar-refractivity contribution is 7.98. The van der Waals surface area contributed by atoms with E-state index in [9.17, 15) is 4.79 Å². The number of aromatic nitrogens is 2. The lowest BCUT2D eigenvalue weighted by molar-refractivity contribution is 0.0797. The van der Waals surface area contributed by atoms with Crippen LogP contribution >= 0.6 is 11.8 Å². The minimum Gasteiger partial charge on any atom is -0.397 e. The molecule has 0 atom stereocenters. The molecule has 6 heteroatoms. The molecule has 0 saturated carbocycles. The predicted molar refractivity (Wildman–Crippen MR) is 83.3 cm³/mol. The molecule has 5 nitrogen and oxygen atoms in total. The fourth-order valence-electron chi connectivity index (χ4n) is 1.79. The number of hydrogen-bond donors (Lipinski definition) is 1. The zero-order valence-corrected chi connectivity index (χ0v) is 12.4. The standard InChI is InChI=1S/C14H18N4OS/c1-17(9-10-20-2)14(19)12-7-8-18(16-12)13-6-4-3-5-11(13)15/h3-8H,9-10,15H2,1-2H3. The number of nitrogens with two attached hydrogens (primary N) is 1. The summed E-state index contributed by atoms with van der Waals surface area (Å²) >= 11 is 1.71.